The monoisotopic (exact) mass is 390 g/mol. The van der Waals surface area contributed by atoms with Crippen LogP contribution in [0.5, 0.6) is 5.75 Å². The number of benzene rings is 2. The number of carbonyl (C=O) groups is 3. The molecule has 26 heavy (non-hydrogen) atoms. The van der Waals surface area contributed by atoms with E-state index >= 15 is 0 Å². The molecule has 2 aromatic carbocycles. The minimum Gasteiger partial charge on any atom is -0.507 e. The zero-order valence-electron chi connectivity index (χ0n) is 13.3. The molecule has 0 radical (unpaired) electrons. The van der Waals surface area contributed by atoms with Crippen LogP contribution < -0.4 is 0 Å². The van der Waals surface area contributed by atoms with Crippen LogP contribution in [0.2, 0.25) is 10.0 Å². The molecule has 3 rings (SSSR count). The summed E-state index contributed by atoms with van der Waals surface area (Å²) in [5.74, 6) is -2.43. The first-order chi connectivity index (χ1) is 12.3. The van der Waals surface area contributed by atoms with Gasteiger partial charge in [0, 0.05) is 22.3 Å². The highest BCUT2D eigenvalue weighted by Crippen LogP contribution is 2.32. The van der Waals surface area contributed by atoms with E-state index in [0.29, 0.717) is 17.9 Å². The Balaban J connectivity index is 1.92. The minimum absolute atomic E-state index is 0.000913. The van der Waals surface area contributed by atoms with Crippen LogP contribution in [0, 0.1) is 0 Å². The SMILES string of the molecule is O=C(O)C1=C(C(=O)c2ccc(C(=O)c3ccc(Cl)c(Cl)c3)c(O)c2)CC1. The maximum Gasteiger partial charge on any atom is 0.331 e. The van der Waals surface area contributed by atoms with Crippen molar-refractivity contribution in [3.8, 4) is 5.75 Å². The van der Waals surface area contributed by atoms with Gasteiger partial charge < -0.3 is 10.2 Å². The molecule has 5 nitrogen and oxygen atoms in total. The number of carboxylic acid groups (broad SMARTS) is 1. The van der Waals surface area contributed by atoms with Crippen LogP contribution in [0.25, 0.3) is 0 Å². The first-order valence-electron chi connectivity index (χ1n) is 7.62. The highest BCUT2D eigenvalue weighted by atomic mass is 35.5. The smallest absolute Gasteiger partial charge is 0.331 e. The Morgan fingerprint density at radius 2 is 1.42 bits per heavy atom. The Morgan fingerprint density at radius 3 is 1.96 bits per heavy atom. The number of aromatic hydroxyl groups is 1. The van der Waals surface area contributed by atoms with Gasteiger partial charge in [0.05, 0.1) is 15.6 Å². The molecule has 0 saturated carbocycles. The number of carboxylic acids is 1. The lowest BCUT2D eigenvalue weighted by Crippen LogP contribution is -2.19. The third-order valence-corrected chi connectivity index (χ3v) is 4.95. The lowest BCUT2D eigenvalue weighted by atomic mass is 9.83. The number of hydrogen-bond acceptors (Lipinski definition) is 4. The summed E-state index contributed by atoms with van der Waals surface area (Å²) in [5.41, 5.74) is 0.678. The van der Waals surface area contributed by atoms with Crippen molar-refractivity contribution in [1.82, 2.24) is 0 Å². The van der Waals surface area contributed by atoms with Gasteiger partial charge in [0.1, 0.15) is 5.75 Å². The molecular formula is C19H12Cl2O5. The quantitative estimate of drug-likeness (QED) is 0.742. The zero-order valence-corrected chi connectivity index (χ0v) is 14.8. The normalized spacial score (nSPS) is 13.3. The fraction of sp³-hybridized carbons (Fsp3) is 0.105. The van der Waals surface area contributed by atoms with Crippen LogP contribution in [0.4, 0.5) is 0 Å². The van der Waals surface area contributed by atoms with E-state index < -0.39 is 17.5 Å². The fourth-order valence-electron chi connectivity index (χ4n) is 2.69. The Labute approximate surface area is 158 Å². The molecule has 7 heteroatoms. The molecule has 0 aromatic heterocycles. The van der Waals surface area contributed by atoms with Crippen molar-refractivity contribution in [2.75, 3.05) is 0 Å². The molecule has 2 aromatic rings. The van der Waals surface area contributed by atoms with Gasteiger partial charge in [-0.1, -0.05) is 29.3 Å². The summed E-state index contributed by atoms with van der Waals surface area (Å²) >= 11 is 11.7. The van der Waals surface area contributed by atoms with Crippen molar-refractivity contribution in [2.45, 2.75) is 12.8 Å². The van der Waals surface area contributed by atoms with E-state index in [0.717, 1.165) is 6.07 Å². The summed E-state index contributed by atoms with van der Waals surface area (Å²) in [5, 5.41) is 19.7. The summed E-state index contributed by atoms with van der Waals surface area (Å²) in [6.07, 6.45) is 0.724. The van der Waals surface area contributed by atoms with E-state index in [1.54, 1.807) is 0 Å². The predicted molar refractivity (Wildman–Crippen MR) is 96.2 cm³/mol. The van der Waals surface area contributed by atoms with Crippen LogP contribution in [0.15, 0.2) is 47.5 Å². The molecule has 1 aliphatic carbocycles. The molecule has 0 bridgehead atoms. The molecule has 132 valence electrons. The number of aliphatic carboxylic acids is 1. The molecule has 0 saturated heterocycles. The number of rotatable bonds is 5. The van der Waals surface area contributed by atoms with E-state index in [9.17, 15) is 19.5 Å². The fourth-order valence-corrected chi connectivity index (χ4v) is 2.99. The summed E-state index contributed by atoms with van der Waals surface area (Å²) in [6.45, 7) is 0. The molecule has 0 atom stereocenters. The van der Waals surface area contributed by atoms with E-state index in [-0.39, 0.29) is 38.6 Å². The third kappa shape index (κ3) is 3.23. The number of halogens is 2. The summed E-state index contributed by atoms with van der Waals surface area (Å²) < 4.78 is 0. The average Bonchev–Trinajstić information content (AvgIpc) is 2.55. The van der Waals surface area contributed by atoms with Crippen molar-refractivity contribution in [1.29, 1.82) is 0 Å². The highest BCUT2D eigenvalue weighted by Gasteiger charge is 2.29. The number of allylic oxidation sites excluding steroid dienone is 1. The van der Waals surface area contributed by atoms with E-state index in [2.05, 4.69) is 0 Å². The van der Waals surface area contributed by atoms with Crippen molar-refractivity contribution in [3.05, 3.63) is 74.3 Å². The lowest BCUT2D eigenvalue weighted by molar-refractivity contribution is -0.133. The number of phenolic OH excluding ortho intramolecular Hbond substituents is 1. The zero-order chi connectivity index (χ0) is 19.0. The molecule has 0 unspecified atom stereocenters. The van der Waals surface area contributed by atoms with Gasteiger partial charge >= 0.3 is 5.97 Å². The van der Waals surface area contributed by atoms with Gasteiger partial charge in [-0.05, 0) is 43.2 Å². The number of carbonyl (C=O) groups excluding carboxylic acids is 2. The molecule has 1 aliphatic rings. The van der Waals surface area contributed by atoms with Crippen molar-refractivity contribution >= 4 is 40.7 Å². The minimum atomic E-state index is -1.12. The molecule has 0 amide bonds. The van der Waals surface area contributed by atoms with Crippen LogP contribution >= 0.6 is 23.2 Å². The second-order valence-corrected chi connectivity index (χ2v) is 6.60. The van der Waals surface area contributed by atoms with Gasteiger partial charge in [-0.15, -0.1) is 0 Å². The topological polar surface area (TPSA) is 91.7 Å². The maximum absolute atomic E-state index is 12.5. The van der Waals surface area contributed by atoms with Crippen molar-refractivity contribution in [2.24, 2.45) is 0 Å². The van der Waals surface area contributed by atoms with Gasteiger partial charge in [-0.25, -0.2) is 4.79 Å². The largest absolute Gasteiger partial charge is 0.507 e. The van der Waals surface area contributed by atoms with Crippen LogP contribution in [-0.4, -0.2) is 27.7 Å². The summed E-state index contributed by atoms with van der Waals surface area (Å²) in [7, 11) is 0. The summed E-state index contributed by atoms with van der Waals surface area (Å²) in [4.78, 5) is 35.9. The van der Waals surface area contributed by atoms with E-state index in [4.69, 9.17) is 28.3 Å². The molecule has 0 spiro atoms. The lowest BCUT2D eigenvalue weighted by Gasteiger charge is -2.19. The van der Waals surface area contributed by atoms with E-state index in [1.165, 1.54) is 30.3 Å². The number of ketones is 2. The van der Waals surface area contributed by atoms with Gasteiger partial charge in [-0.2, -0.15) is 0 Å². The van der Waals surface area contributed by atoms with Crippen LogP contribution in [-0.2, 0) is 4.79 Å². The first kappa shape index (κ1) is 18.2. The second kappa shape index (κ2) is 6.94. The Kier molecular flexibility index (Phi) is 4.85. The first-order valence-corrected chi connectivity index (χ1v) is 8.38. The summed E-state index contributed by atoms with van der Waals surface area (Å²) in [6, 6.07) is 8.22. The number of Topliss-reactive ketones (excluding diaryl/α,β-unsaturated/α-hetero) is 1. The molecule has 2 N–H and O–H groups in total. The third-order valence-electron chi connectivity index (χ3n) is 4.21. The van der Waals surface area contributed by atoms with Crippen molar-refractivity contribution < 1.29 is 24.6 Å². The standard InChI is InChI=1S/C19H12Cl2O5/c20-14-6-2-9(7-15(14)21)18(24)13-3-1-10(8-16(13)22)17(23)11-4-5-12(11)19(25)26/h1-3,6-8,22H,4-5H2,(H,25,26). The van der Waals surface area contributed by atoms with Crippen LogP contribution in [0.3, 0.4) is 0 Å². The van der Waals surface area contributed by atoms with Gasteiger partial charge in [0.25, 0.3) is 0 Å². The average molecular weight is 391 g/mol. The highest BCUT2D eigenvalue weighted by molar-refractivity contribution is 6.42. The number of hydrogen-bond donors (Lipinski definition) is 2. The van der Waals surface area contributed by atoms with Crippen molar-refractivity contribution in [3.63, 3.8) is 0 Å². The second-order valence-electron chi connectivity index (χ2n) is 5.78. The molecule has 0 fully saturated rings. The Bertz CT molecular complexity index is 991. The Morgan fingerprint density at radius 1 is 0.808 bits per heavy atom. The molecule has 0 aliphatic heterocycles. The number of phenols is 1. The van der Waals surface area contributed by atoms with Gasteiger partial charge in [0.2, 0.25) is 0 Å². The van der Waals surface area contributed by atoms with Crippen LogP contribution in [0.1, 0.15) is 39.1 Å². The Hall–Kier alpha value is -2.63. The van der Waals surface area contributed by atoms with E-state index in [1.807, 2.05) is 0 Å². The molecular weight excluding hydrogens is 379 g/mol. The van der Waals surface area contributed by atoms with Gasteiger partial charge in [0.15, 0.2) is 11.6 Å². The maximum atomic E-state index is 12.5. The predicted octanol–water partition coefficient (Wildman–Crippen LogP) is 4.29. The van der Waals surface area contributed by atoms with Gasteiger partial charge in [-0.3, -0.25) is 9.59 Å². The molecule has 0 heterocycles.